The second-order valence-corrected chi connectivity index (χ2v) is 4.31. The summed E-state index contributed by atoms with van der Waals surface area (Å²) >= 11 is 0. The molecule has 0 radical (unpaired) electrons. The molecule has 0 spiro atoms. The van der Waals surface area contributed by atoms with Gasteiger partial charge in [-0.15, -0.1) is 0 Å². The Bertz CT molecular complexity index is 377. The van der Waals surface area contributed by atoms with E-state index in [1.165, 1.54) is 0 Å². The third-order valence-corrected chi connectivity index (χ3v) is 2.16. The van der Waals surface area contributed by atoms with Crippen LogP contribution in [-0.4, -0.2) is 10.9 Å². The molecular formula is C11H14N2O. The number of aldehydes is 1. The van der Waals surface area contributed by atoms with Crippen molar-refractivity contribution in [3.63, 3.8) is 0 Å². The van der Waals surface area contributed by atoms with Gasteiger partial charge in [0.1, 0.15) is 6.54 Å². The molecule has 0 saturated carbocycles. The van der Waals surface area contributed by atoms with Gasteiger partial charge in [-0.25, -0.2) is 0 Å². The zero-order valence-corrected chi connectivity index (χ0v) is 8.74. The molecule has 0 amide bonds. The Hall–Kier alpha value is -1.56. The van der Waals surface area contributed by atoms with Gasteiger partial charge in [0, 0.05) is 6.20 Å². The second-order valence-electron chi connectivity index (χ2n) is 4.31. The van der Waals surface area contributed by atoms with E-state index in [2.05, 4.69) is 20.8 Å². The van der Waals surface area contributed by atoms with Crippen molar-refractivity contribution in [2.45, 2.75) is 32.7 Å². The van der Waals surface area contributed by atoms with Crippen LogP contribution in [0.4, 0.5) is 0 Å². The molecular weight excluding hydrogens is 176 g/mol. The van der Waals surface area contributed by atoms with Crippen LogP contribution in [0.5, 0.6) is 0 Å². The largest absolute Gasteiger partial charge is 0.331 e. The van der Waals surface area contributed by atoms with Crippen molar-refractivity contribution in [2.75, 3.05) is 0 Å². The molecule has 0 N–H and O–H groups in total. The van der Waals surface area contributed by atoms with E-state index in [1.54, 1.807) is 4.57 Å². The van der Waals surface area contributed by atoms with Crippen LogP contribution in [0.15, 0.2) is 12.3 Å². The Morgan fingerprint density at radius 1 is 1.57 bits per heavy atom. The van der Waals surface area contributed by atoms with Crippen molar-refractivity contribution in [3.05, 3.63) is 23.5 Å². The van der Waals surface area contributed by atoms with Gasteiger partial charge in [-0.2, -0.15) is 5.26 Å². The SMILES string of the molecule is CC(C)(C)c1cc(C=O)n(CC#N)c1. The van der Waals surface area contributed by atoms with Crippen LogP contribution in [-0.2, 0) is 12.0 Å². The Morgan fingerprint density at radius 3 is 2.64 bits per heavy atom. The Morgan fingerprint density at radius 2 is 2.21 bits per heavy atom. The number of aromatic nitrogens is 1. The number of nitriles is 1. The quantitative estimate of drug-likeness (QED) is 0.670. The van der Waals surface area contributed by atoms with Crippen molar-refractivity contribution >= 4 is 6.29 Å². The first kappa shape index (κ1) is 10.5. The van der Waals surface area contributed by atoms with Crippen LogP contribution in [0.1, 0.15) is 36.8 Å². The molecule has 3 nitrogen and oxygen atoms in total. The highest BCUT2D eigenvalue weighted by Crippen LogP contribution is 2.23. The lowest BCUT2D eigenvalue weighted by Crippen LogP contribution is -2.09. The van der Waals surface area contributed by atoms with Gasteiger partial charge in [-0.05, 0) is 17.0 Å². The molecule has 0 fully saturated rings. The number of carbonyl (C=O) groups is 1. The van der Waals surface area contributed by atoms with Gasteiger partial charge in [0.05, 0.1) is 11.8 Å². The minimum Gasteiger partial charge on any atom is -0.331 e. The Balaban J connectivity index is 3.14. The fourth-order valence-electron chi connectivity index (χ4n) is 1.25. The van der Waals surface area contributed by atoms with E-state index in [0.717, 1.165) is 11.8 Å². The minimum atomic E-state index is 0.0124. The zero-order chi connectivity index (χ0) is 10.8. The highest BCUT2D eigenvalue weighted by molar-refractivity contribution is 5.73. The Kier molecular flexibility index (Phi) is 2.76. The maximum absolute atomic E-state index is 10.7. The van der Waals surface area contributed by atoms with E-state index in [1.807, 2.05) is 18.3 Å². The molecule has 1 aromatic heterocycles. The number of hydrogen-bond donors (Lipinski definition) is 0. The summed E-state index contributed by atoms with van der Waals surface area (Å²) < 4.78 is 1.67. The van der Waals surface area contributed by atoms with Gasteiger partial charge in [-0.1, -0.05) is 20.8 Å². The van der Waals surface area contributed by atoms with Crippen molar-refractivity contribution in [3.8, 4) is 6.07 Å². The molecule has 0 aliphatic rings. The van der Waals surface area contributed by atoms with E-state index in [0.29, 0.717) is 5.69 Å². The number of nitrogens with zero attached hydrogens (tertiary/aromatic N) is 2. The average molecular weight is 190 g/mol. The molecule has 74 valence electrons. The summed E-state index contributed by atoms with van der Waals surface area (Å²) in [6.45, 7) is 6.46. The number of carbonyl (C=O) groups excluding carboxylic acids is 1. The lowest BCUT2D eigenvalue weighted by molar-refractivity contribution is 0.111. The summed E-state index contributed by atoms with van der Waals surface area (Å²) in [6, 6.07) is 3.87. The van der Waals surface area contributed by atoms with E-state index in [-0.39, 0.29) is 12.0 Å². The van der Waals surface area contributed by atoms with Crippen LogP contribution in [0.2, 0.25) is 0 Å². The van der Waals surface area contributed by atoms with Gasteiger partial charge in [0.2, 0.25) is 0 Å². The minimum absolute atomic E-state index is 0.0124. The van der Waals surface area contributed by atoms with Crippen molar-refractivity contribution in [1.82, 2.24) is 4.57 Å². The second kappa shape index (κ2) is 3.67. The summed E-state index contributed by atoms with van der Waals surface area (Å²) in [5.74, 6) is 0. The van der Waals surface area contributed by atoms with Gasteiger partial charge >= 0.3 is 0 Å². The average Bonchev–Trinajstić information content (AvgIpc) is 2.47. The summed E-state index contributed by atoms with van der Waals surface area (Å²) in [4.78, 5) is 10.7. The van der Waals surface area contributed by atoms with Crippen LogP contribution in [0.25, 0.3) is 0 Å². The monoisotopic (exact) mass is 190 g/mol. The summed E-state index contributed by atoms with van der Waals surface area (Å²) in [5.41, 5.74) is 1.66. The molecule has 0 aromatic carbocycles. The van der Waals surface area contributed by atoms with Crippen LogP contribution >= 0.6 is 0 Å². The number of rotatable bonds is 2. The smallest absolute Gasteiger partial charge is 0.166 e. The van der Waals surface area contributed by atoms with Crippen LogP contribution < -0.4 is 0 Å². The fraction of sp³-hybridized carbons (Fsp3) is 0.455. The Labute approximate surface area is 84.0 Å². The van der Waals surface area contributed by atoms with Crippen LogP contribution in [0.3, 0.4) is 0 Å². The predicted molar refractivity (Wildman–Crippen MR) is 54.1 cm³/mol. The predicted octanol–water partition coefficient (Wildman–Crippen LogP) is 2.12. The maximum atomic E-state index is 10.7. The van der Waals surface area contributed by atoms with Crippen LogP contribution in [0, 0.1) is 11.3 Å². The molecule has 1 heterocycles. The molecule has 0 atom stereocenters. The molecule has 1 rings (SSSR count). The van der Waals surface area contributed by atoms with Crippen molar-refractivity contribution < 1.29 is 4.79 Å². The summed E-state index contributed by atoms with van der Waals surface area (Å²) in [5, 5.41) is 8.56. The third kappa shape index (κ3) is 2.02. The van der Waals surface area contributed by atoms with Gasteiger partial charge in [0.15, 0.2) is 6.29 Å². The topological polar surface area (TPSA) is 45.8 Å². The molecule has 3 heteroatoms. The first-order valence-electron chi connectivity index (χ1n) is 4.52. The van der Waals surface area contributed by atoms with E-state index in [9.17, 15) is 4.79 Å². The zero-order valence-electron chi connectivity index (χ0n) is 8.74. The summed E-state index contributed by atoms with van der Waals surface area (Å²) in [7, 11) is 0. The molecule has 0 saturated heterocycles. The maximum Gasteiger partial charge on any atom is 0.166 e. The first-order valence-corrected chi connectivity index (χ1v) is 4.52. The van der Waals surface area contributed by atoms with Gasteiger partial charge in [-0.3, -0.25) is 4.79 Å². The third-order valence-electron chi connectivity index (χ3n) is 2.16. The van der Waals surface area contributed by atoms with Crippen molar-refractivity contribution in [1.29, 1.82) is 5.26 Å². The lowest BCUT2D eigenvalue weighted by atomic mass is 9.89. The van der Waals surface area contributed by atoms with E-state index >= 15 is 0 Å². The highest BCUT2D eigenvalue weighted by atomic mass is 16.1. The van der Waals surface area contributed by atoms with E-state index < -0.39 is 0 Å². The lowest BCUT2D eigenvalue weighted by Gasteiger charge is -2.15. The molecule has 0 unspecified atom stereocenters. The molecule has 14 heavy (non-hydrogen) atoms. The van der Waals surface area contributed by atoms with Gasteiger partial charge in [0.25, 0.3) is 0 Å². The van der Waals surface area contributed by atoms with Crippen molar-refractivity contribution in [2.24, 2.45) is 0 Å². The standard InChI is InChI=1S/C11H14N2O/c1-11(2,3)9-6-10(8-14)13(7-9)5-4-12/h6-8H,5H2,1-3H3. The summed E-state index contributed by atoms with van der Waals surface area (Å²) in [6.07, 6.45) is 2.65. The number of hydrogen-bond acceptors (Lipinski definition) is 2. The highest BCUT2D eigenvalue weighted by Gasteiger charge is 2.17. The molecule has 0 aliphatic carbocycles. The van der Waals surface area contributed by atoms with Gasteiger partial charge < -0.3 is 4.57 Å². The fourth-order valence-corrected chi connectivity index (χ4v) is 1.25. The van der Waals surface area contributed by atoms with E-state index in [4.69, 9.17) is 5.26 Å². The normalized spacial score (nSPS) is 11.0. The molecule has 1 aromatic rings. The molecule has 0 aliphatic heterocycles. The first-order chi connectivity index (χ1) is 6.49. The molecule has 0 bridgehead atoms.